The van der Waals surface area contributed by atoms with E-state index < -0.39 is 8.80 Å². The molecular weight excluding hydrogens is 340 g/mol. The Bertz CT molecular complexity index is 748. The topological polar surface area (TPSA) is 27.7 Å². The van der Waals surface area contributed by atoms with Crippen LogP contribution in [-0.4, -0.2) is 8.80 Å². The van der Waals surface area contributed by atoms with Crippen molar-refractivity contribution in [2.24, 2.45) is 0 Å². The first-order valence-corrected chi connectivity index (χ1v) is 10.3. The lowest BCUT2D eigenvalue weighted by atomic mass is 10.2. The molecule has 0 saturated heterocycles. The Labute approximate surface area is 155 Å². The fraction of sp³-hybridized carbons (Fsp3) is 0.0909. The third-order valence-electron chi connectivity index (χ3n) is 3.82. The fourth-order valence-electron chi connectivity index (χ4n) is 2.43. The third-order valence-corrected chi connectivity index (χ3v) is 5.93. The van der Waals surface area contributed by atoms with E-state index in [1.807, 2.05) is 91.0 Å². The van der Waals surface area contributed by atoms with Gasteiger partial charge in [-0.05, 0) is 29.0 Å². The highest BCUT2D eigenvalue weighted by molar-refractivity contribution is 6.66. The monoisotopic (exact) mass is 362 g/mol. The van der Waals surface area contributed by atoms with E-state index in [2.05, 4.69) is 6.58 Å². The molecule has 0 unspecified atom stereocenters. The van der Waals surface area contributed by atoms with Gasteiger partial charge < -0.3 is 13.3 Å². The molecule has 0 saturated carbocycles. The number of hydrogen-bond acceptors (Lipinski definition) is 3. The summed E-state index contributed by atoms with van der Waals surface area (Å²) in [6.45, 7) is 4.75. The predicted octanol–water partition coefficient (Wildman–Crippen LogP) is 5.16. The quantitative estimate of drug-likeness (QED) is 0.492. The van der Waals surface area contributed by atoms with Crippen molar-refractivity contribution in [2.45, 2.75) is 13.2 Å². The van der Waals surface area contributed by atoms with Crippen molar-refractivity contribution in [2.75, 3.05) is 0 Å². The van der Waals surface area contributed by atoms with E-state index in [0.717, 1.165) is 11.1 Å². The molecule has 3 aromatic carbocycles. The standard InChI is InChI=1S/C22H22O3Si/c1-2-26(25-22-16-10-5-11-17-22,23-18-20-12-6-3-7-13-20)24-19-21-14-8-4-9-15-21/h2-17H,1,18-19H2. The summed E-state index contributed by atoms with van der Waals surface area (Å²) in [6.07, 6.45) is 0. The van der Waals surface area contributed by atoms with E-state index in [0.29, 0.717) is 19.0 Å². The molecule has 0 aromatic heterocycles. The van der Waals surface area contributed by atoms with Gasteiger partial charge in [-0.3, -0.25) is 0 Å². The molecule has 0 aliphatic heterocycles. The lowest BCUT2D eigenvalue weighted by molar-refractivity contribution is 0.105. The SMILES string of the molecule is C=C[Si](OCc1ccccc1)(OCc1ccccc1)Oc1ccccc1. The van der Waals surface area contributed by atoms with Gasteiger partial charge in [-0.25, -0.2) is 0 Å². The normalized spacial score (nSPS) is 11.1. The molecule has 3 nitrogen and oxygen atoms in total. The van der Waals surface area contributed by atoms with E-state index in [-0.39, 0.29) is 0 Å². The van der Waals surface area contributed by atoms with E-state index in [9.17, 15) is 0 Å². The van der Waals surface area contributed by atoms with Crippen LogP contribution in [0.25, 0.3) is 0 Å². The highest BCUT2D eigenvalue weighted by atomic mass is 28.4. The zero-order valence-electron chi connectivity index (χ0n) is 14.6. The molecule has 0 radical (unpaired) electrons. The number of rotatable bonds is 9. The summed E-state index contributed by atoms with van der Waals surface area (Å²) in [5.41, 5.74) is 3.81. The number of para-hydroxylation sites is 1. The van der Waals surface area contributed by atoms with Crippen molar-refractivity contribution in [3.63, 3.8) is 0 Å². The minimum atomic E-state index is -3.11. The van der Waals surface area contributed by atoms with Gasteiger partial charge >= 0.3 is 8.80 Å². The highest BCUT2D eigenvalue weighted by Gasteiger charge is 2.41. The highest BCUT2D eigenvalue weighted by Crippen LogP contribution is 2.21. The first-order valence-electron chi connectivity index (χ1n) is 8.53. The minimum absolute atomic E-state index is 0.403. The van der Waals surface area contributed by atoms with Crippen LogP contribution in [0.3, 0.4) is 0 Å². The molecule has 0 N–H and O–H groups in total. The summed E-state index contributed by atoms with van der Waals surface area (Å²) >= 11 is 0. The maximum Gasteiger partial charge on any atom is 0.595 e. The molecule has 0 atom stereocenters. The molecule has 4 heteroatoms. The molecule has 3 aromatic rings. The van der Waals surface area contributed by atoms with Crippen LogP contribution in [-0.2, 0) is 22.1 Å². The summed E-state index contributed by atoms with van der Waals surface area (Å²) in [6, 6.07) is 29.5. The Morgan fingerprint density at radius 3 is 1.50 bits per heavy atom. The van der Waals surface area contributed by atoms with Crippen LogP contribution >= 0.6 is 0 Å². The summed E-state index contributed by atoms with van der Waals surface area (Å²) < 4.78 is 18.5. The number of benzene rings is 3. The van der Waals surface area contributed by atoms with E-state index >= 15 is 0 Å². The fourth-order valence-corrected chi connectivity index (χ4v) is 4.15. The zero-order chi connectivity index (χ0) is 18.1. The molecule has 0 aliphatic rings. The van der Waals surface area contributed by atoms with Crippen molar-refractivity contribution < 1.29 is 13.3 Å². The van der Waals surface area contributed by atoms with Crippen LogP contribution in [0.1, 0.15) is 11.1 Å². The smallest absolute Gasteiger partial charge is 0.498 e. The van der Waals surface area contributed by atoms with Gasteiger partial charge in [0.05, 0.1) is 13.2 Å². The Hall–Kier alpha value is -2.66. The summed E-state index contributed by atoms with van der Waals surface area (Å²) in [5, 5.41) is 0. The summed E-state index contributed by atoms with van der Waals surface area (Å²) in [4.78, 5) is 0. The summed E-state index contributed by atoms with van der Waals surface area (Å²) in [7, 11) is -3.11. The van der Waals surface area contributed by atoms with E-state index in [4.69, 9.17) is 13.3 Å². The van der Waals surface area contributed by atoms with Crippen LogP contribution < -0.4 is 4.43 Å². The molecule has 0 bridgehead atoms. The predicted molar refractivity (Wildman–Crippen MR) is 105 cm³/mol. The van der Waals surface area contributed by atoms with Gasteiger partial charge in [-0.15, -0.1) is 0 Å². The van der Waals surface area contributed by atoms with Crippen molar-refractivity contribution in [3.05, 3.63) is 114 Å². The Balaban J connectivity index is 1.76. The average Bonchev–Trinajstić information content (AvgIpc) is 2.72. The molecule has 0 heterocycles. The molecule has 0 fully saturated rings. The Morgan fingerprint density at radius 1 is 0.654 bits per heavy atom. The van der Waals surface area contributed by atoms with Crippen molar-refractivity contribution in [1.29, 1.82) is 0 Å². The zero-order valence-corrected chi connectivity index (χ0v) is 15.6. The van der Waals surface area contributed by atoms with Gasteiger partial charge in [0.2, 0.25) is 0 Å². The first kappa shape index (κ1) is 18.1. The second-order valence-electron chi connectivity index (χ2n) is 5.77. The average molecular weight is 363 g/mol. The van der Waals surface area contributed by atoms with Gasteiger partial charge in [0.25, 0.3) is 0 Å². The van der Waals surface area contributed by atoms with Crippen molar-refractivity contribution >= 4 is 8.80 Å². The van der Waals surface area contributed by atoms with E-state index in [1.165, 1.54) is 0 Å². The van der Waals surface area contributed by atoms with Crippen LogP contribution in [0.4, 0.5) is 0 Å². The van der Waals surface area contributed by atoms with Crippen LogP contribution in [0.15, 0.2) is 103 Å². The summed E-state index contributed by atoms with van der Waals surface area (Å²) in [5.74, 6) is 0.709. The lowest BCUT2D eigenvalue weighted by Crippen LogP contribution is -2.47. The van der Waals surface area contributed by atoms with Gasteiger partial charge in [-0.2, -0.15) is 0 Å². The van der Waals surface area contributed by atoms with Gasteiger partial charge in [0.1, 0.15) is 5.75 Å². The second kappa shape index (κ2) is 9.15. The maximum atomic E-state index is 6.17. The van der Waals surface area contributed by atoms with Crippen LogP contribution in [0.2, 0.25) is 0 Å². The van der Waals surface area contributed by atoms with Gasteiger partial charge in [-0.1, -0.05) is 85.4 Å². The largest absolute Gasteiger partial charge is 0.595 e. The molecule has 0 spiro atoms. The molecule has 3 rings (SSSR count). The van der Waals surface area contributed by atoms with Crippen molar-refractivity contribution in [1.82, 2.24) is 0 Å². The second-order valence-corrected chi connectivity index (χ2v) is 8.17. The molecule has 0 aliphatic carbocycles. The minimum Gasteiger partial charge on any atom is -0.498 e. The molecular formula is C22H22O3Si. The number of hydrogen-bond donors (Lipinski definition) is 0. The lowest BCUT2D eigenvalue weighted by Gasteiger charge is -2.27. The molecule has 132 valence electrons. The first-order chi connectivity index (χ1) is 12.8. The van der Waals surface area contributed by atoms with E-state index in [1.54, 1.807) is 5.70 Å². The van der Waals surface area contributed by atoms with Gasteiger partial charge in [0.15, 0.2) is 0 Å². The molecule has 26 heavy (non-hydrogen) atoms. The molecule has 0 amide bonds. The van der Waals surface area contributed by atoms with Gasteiger partial charge in [0, 0.05) is 0 Å². The maximum absolute atomic E-state index is 6.17. The van der Waals surface area contributed by atoms with Crippen LogP contribution in [0, 0.1) is 0 Å². The third kappa shape index (κ3) is 5.16. The Morgan fingerprint density at radius 2 is 1.08 bits per heavy atom. The van der Waals surface area contributed by atoms with Crippen LogP contribution in [0.5, 0.6) is 5.75 Å². The Kier molecular flexibility index (Phi) is 6.38. The van der Waals surface area contributed by atoms with Crippen molar-refractivity contribution in [3.8, 4) is 5.75 Å².